The van der Waals surface area contributed by atoms with E-state index in [0.29, 0.717) is 12.2 Å². The van der Waals surface area contributed by atoms with Crippen LogP contribution < -0.4 is 0 Å². The molecule has 4 heteroatoms. The van der Waals surface area contributed by atoms with E-state index in [0.717, 1.165) is 98.3 Å². The second-order valence-corrected chi connectivity index (χ2v) is 24.4. The van der Waals surface area contributed by atoms with Gasteiger partial charge in [0.1, 0.15) is 0 Å². The molecule has 3 saturated heterocycles. The van der Waals surface area contributed by atoms with Crippen LogP contribution in [0.3, 0.4) is 0 Å². The molecule has 11 rings (SSSR count). The Morgan fingerprint density at radius 3 is 1.79 bits per heavy atom. The molecular formula is C48H77NOS2. The van der Waals surface area contributed by atoms with E-state index in [1.807, 2.05) is 0 Å². The van der Waals surface area contributed by atoms with E-state index < -0.39 is 0 Å². The summed E-state index contributed by atoms with van der Waals surface area (Å²) in [5.41, 5.74) is 0. The van der Waals surface area contributed by atoms with Crippen molar-refractivity contribution in [3.05, 3.63) is 0 Å². The summed E-state index contributed by atoms with van der Waals surface area (Å²) in [4.78, 5) is 3.44. The summed E-state index contributed by atoms with van der Waals surface area (Å²) in [5.74, 6) is 10.2. The first-order valence-corrected chi connectivity index (χ1v) is 26.4. The van der Waals surface area contributed by atoms with E-state index in [1.54, 1.807) is 96.3 Å². The molecule has 14 atom stereocenters. The van der Waals surface area contributed by atoms with Crippen LogP contribution in [0.25, 0.3) is 0 Å². The molecule has 8 saturated carbocycles. The van der Waals surface area contributed by atoms with Gasteiger partial charge in [-0.15, -0.1) is 0 Å². The highest BCUT2D eigenvalue weighted by atomic mass is 32.2. The highest BCUT2D eigenvalue weighted by Gasteiger charge is 2.60. The van der Waals surface area contributed by atoms with Gasteiger partial charge in [0.2, 0.25) is 0 Å². The quantitative estimate of drug-likeness (QED) is 0.277. The van der Waals surface area contributed by atoms with Crippen LogP contribution in [0.1, 0.15) is 186 Å². The Hall–Kier alpha value is 0.620. The van der Waals surface area contributed by atoms with Crippen molar-refractivity contribution in [1.29, 1.82) is 0 Å². The number of rotatable bonds is 5. The van der Waals surface area contributed by atoms with Crippen molar-refractivity contribution in [2.45, 2.75) is 238 Å². The largest absolute Gasteiger partial charge is 0.374 e. The Bertz CT molecular complexity index is 1200. The second-order valence-electron chi connectivity index (χ2n) is 21.5. The van der Waals surface area contributed by atoms with Gasteiger partial charge in [-0.3, -0.25) is 4.90 Å². The first-order chi connectivity index (χ1) is 25.8. The molecule has 0 spiro atoms. The number of thioether (sulfide) groups is 2. The maximum atomic E-state index is 6.88. The zero-order chi connectivity index (χ0) is 34.2. The highest BCUT2D eigenvalue weighted by Crippen LogP contribution is 2.65. The molecule has 8 aliphatic carbocycles. The Balaban J connectivity index is 0.829. The molecule has 3 aliphatic heterocycles. The van der Waals surface area contributed by atoms with Gasteiger partial charge in [0.05, 0.1) is 12.2 Å². The molecule has 0 radical (unpaired) electrons. The maximum absolute atomic E-state index is 6.88. The predicted molar refractivity (Wildman–Crippen MR) is 221 cm³/mol. The van der Waals surface area contributed by atoms with Crippen LogP contribution in [-0.4, -0.2) is 56.2 Å². The van der Waals surface area contributed by atoms with Crippen LogP contribution >= 0.6 is 23.5 Å². The second kappa shape index (κ2) is 15.4. The van der Waals surface area contributed by atoms with Crippen molar-refractivity contribution in [3.8, 4) is 0 Å². The average molecular weight is 748 g/mol. The highest BCUT2D eigenvalue weighted by molar-refractivity contribution is 8.02. The third-order valence-corrected chi connectivity index (χ3v) is 23.3. The summed E-state index contributed by atoms with van der Waals surface area (Å²) in [7, 11) is 0. The van der Waals surface area contributed by atoms with Gasteiger partial charge in [-0.25, -0.2) is 0 Å². The Morgan fingerprint density at radius 1 is 0.346 bits per heavy atom. The number of ether oxygens (including phenoxy) is 1. The molecule has 11 fully saturated rings. The van der Waals surface area contributed by atoms with Crippen molar-refractivity contribution in [2.75, 3.05) is 0 Å². The average Bonchev–Trinajstić information content (AvgIpc) is 3.90. The zero-order valence-electron chi connectivity index (χ0n) is 33.1. The first kappa shape index (κ1) is 35.8. The van der Waals surface area contributed by atoms with Crippen LogP contribution in [0.4, 0.5) is 0 Å². The summed E-state index contributed by atoms with van der Waals surface area (Å²) in [6.45, 7) is 0. The van der Waals surface area contributed by atoms with Gasteiger partial charge in [-0.1, -0.05) is 70.6 Å². The number of hydrogen-bond donors (Lipinski definition) is 0. The van der Waals surface area contributed by atoms with Gasteiger partial charge < -0.3 is 4.74 Å². The normalized spacial score (nSPS) is 53.7. The van der Waals surface area contributed by atoms with Gasteiger partial charge in [0.15, 0.2) is 0 Å². The van der Waals surface area contributed by atoms with Crippen molar-refractivity contribution in [3.63, 3.8) is 0 Å². The monoisotopic (exact) mass is 748 g/mol. The van der Waals surface area contributed by atoms with Gasteiger partial charge in [0, 0.05) is 39.1 Å². The Kier molecular flexibility index (Phi) is 10.6. The van der Waals surface area contributed by atoms with E-state index in [1.165, 1.54) is 89.9 Å². The van der Waals surface area contributed by atoms with E-state index >= 15 is 0 Å². The third-order valence-electron chi connectivity index (χ3n) is 19.5. The van der Waals surface area contributed by atoms with Crippen molar-refractivity contribution in [1.82, 2.24) is 4.90 Å². The SMILES string of the molecule is C1CCC(C2CCC(N(C3CCC(C4CCCC5OC6CCCCC6C54)CC3)C3CCCC4C5CCC6SC7CCCCC7C6C5SC43)CC2)CC1. The van der Waals surface area contributed by atoms with Crippen LogP contribution in [0, 0.1) is 59.2 Å². The van der Waals surface area contributed by atoms with E-state index in [2.05, 4.69) is 28.4 Å². The standard InChI is InChI=1S/C48H77NOS2/c1-2-10-30(11-3-1)31-20-24-33(25-21-31)49(34-26-22-32(23-27-34)35-14-9-18-42-45(35)38-12-4-6-17-41(38)50-42)40-16-8-15-36-37-28-29-44-46(48(37)52-47(36)40)39-13-5-7-19-43(39)51-44/h30-48H,1-29H2. The number of hydrogen-bond acceptors (Lipinski definition) is 4. The van der Waals surface area contributed by atoms with E-state index in [-0.39, 0.29) is 0 Å². The smallest absolute Gasteiger partial charge is 0.0613 e. The molecule has 0 aromatic carbocycles. The zero-order valence-corrected chi connectivity index (χ0v) is 34.8. The molecule has 0 aromatic rings. The minimum absolute atomic E-state index is 0.629. The molecule has 0 bridgehead atoms. The molecule has 14 unspecified atom stereocenters. The summed E-state index contributed by atoms with van der Waals surface area (Å²) in [6.07, 6.45) is 45.5. The minimum Gasteiger partial charge on any atom is -0.374 e. The maximum Gasteiger partial charge on any atom is 0.0613 e. The van der Waals surface area contributed by atoms with Gasteiger partial charge in [0.25, 0.3) is 0 Å². The Morgan fingerprint density at radius 2 is 0.962 bits per heavy atom. The van der Waals surface area contributed by atoms with E-state index in [4.69, 9.17) is 4.74 Å². The van der Waals surface area contributed by atoms with Crippen LogP contribution in [0.2, 0.25) is 0 Å². The molecule has 3 heterocycles. The van der Waals surface area contributed by atoms with Gasteiger partial charge in [-0.2, -0.15) is 23.5 Å². The summed E-state index contributed by atoms with van der Waals surface area (Å²) < 4.78 is 6.88. The topological polar surface area (TPSA) is 12.5 Å². The lowest BCUT2D eigenvalue weighted by Gasteiger charge is -2.53. The van der Waals surface area contributed by atoms with Crippen molar-refractivity contribution < 1.29 is 4.74 Å². The third kappa shape index (κ3) is 6.39. The molecule has 11 aliphatic rings. The van der Waals surface area contributed by atoms with Gasteiger partial charge in [-0.05, 0) is 175 Å². The fourth-order valence-electron chi connectivity index (χ4n) is 17.4. The lowest BCUT2D eigenvalue weighted by Crippen LogP contribution is -2.57. The molecule has 292 valence electrons. The fraction of sp³-hybridized carbons (Fsp3) is 1.00. The van der Waals surface area contributed by atoms with Crippen molar-refractivity contribution >= 4 is 23.5 Å². The predicted octanol–water partition coefficient (Wildman–Crippen LogP) is 12.7. The van der Waals surface area contributed by atoms with Crippen LogP contribution in [-0.2, 0) is 4.74 Å². The summed E-state index contributed by atoms with van der Waals surface area (Å²) in [6, 6.07) is 2.68. The first-order valence-electron chi connectivity index (χ1n) is 24.5. The van der Waals surface area contributed by atoms with Gasteiger partial charge >= 0.3 is 0 Å². The molecule has 52 heavy (non-hydrogen) atoms. The molecule has 0 aromatic heterocycles. The summed E-state index contributed by atoms with van der Waals surface area (Å²) >= 11 is 5.19. The number of fused-ring (bicyclic) bond motifs is 10. The number of nitrogens with zero attached hydrogens (tertiary/aromatic N) is 1. The van der Waals surface area contributed by atoms with Crippen molar-refractivity contribution in [2.24, 2.45) is 59.2 Å². The molecule has 0 N–H and O–H groups in total. The molecule has 0 amide bonds. The summed E-state index contributed by atoms with van der Waals surface area (Å²) in [5, 5.41) is 4.04. The lowest BCUT2D eigenvalue weighted by atomic mass is 9.61. The fourth-order valence-corrected chi connectivity index (χ4v) is 22.1. The Labute approximate surface area is 328 Å². The van der Waals surface area contributed by atoms with Crippen LogP contribution in [0.5, 0.6) is 0 Å². The minimum atomic E-state index is 0.629. The molecular weight excluding hydrogens is 671 g/mol. The van der Waals surface area contributed by atoms with Crippen LogP contribution in [0.15, 0.2) is 0 Å². The lowest BCUT2D eigenvalue weighted by molar-refractivity contribution is -0.0264. The molecule has 2 nitrogen and oxygen atoms in total. The van der Waals surface area contributed by atoms with E-state index in [9.17, 15) is 0 Å².